The van der Waals surface area contributed by atoms with Gasteiger partial charge < -0.3 is 10.0 Å². The number of benzene rings is 1. The van der Waals surface area contributed by atoms with Gasteiger partial charge in [-0.2, -0.15) is 4.31 Å². The predicted molar refractivity (Wildman–Crippen MR) is 98.6 cm³/mol. The number of hydrogen-bond acceptors (Lipinski definition) is 5. The molecule has 0 atom stereocenters. The Labute approximate surface area is 160 Å². The second-order valence-electron chi connectivity index (χ2n) is 5.68. The molecule has 1 fully saturated rings. The number of aromatic nitrogens is 1. The summed E-state index contributed by atoms with van der Waals surface area (Å²) >= 11 is 12.3. The molecule has 2 aromatic rings. The maximum Gasteiger partial charge on any atom is 0.335 e. The molecule has 0 saturated carbocycles. The first kappa shape index (κ1) is 18.9. The van der Waals surface area contributed by atoms with Gasteiger partial charge in [-0.25, -0.2) is 13.2 Å². The van der Waals surface area contributed by atoms with E-state index in [1.807, 2.05) is 4.90 Å². The Kier molecular flexibility index (Phi) is 5.38. The number of carboxylic acid groups (broad SMARTS) is 1. The average molecular weight is 416 g/mol. The third kappa shape index (κ3) is 3.64. The Morgan fingerprint density at radius 2 is 1.69 bits per heavy atom. The van der Waals surface area contributed by atoms with Crippen LogP contribution in [0.15, 0.2) is 41.6 Å². The summed E-state index contributed by atoms with van der Waals surface area (Å²) in [6.45, 7) is 1.27. The number of halogens is 2. The quantitative estimate of drug-likeness (QED) is 0.824. The van der Waals surface area contributed by atoms with Gasteiger partial charge in [-0.3, -0.25) is 4.98 Å². The van der Waals surface area contributed by atoms with Gasteiger partial charge in [0.05, 0.1) is 26.2 Å². The number of aromatic carboxylic acids is 1. The van der Waals surface area contributed by atoms with Crippen molar-refractivity contribution in [3.05, 3.63) is 52.3 Å². The monoisotopic (exact) mass is 415 g/mol. The predicted octanol–water partition coefficient (Wildman–Crippen LogP) is 2.60. The molecule has 26 heavy (non-hydrogen) atoms. The Morgan fingerprint density at radius 1 is 1.08 bits per heavy atom. The SMILES string of the molecule is O=C(O)c1cccc(S(=O)(=O)N2CCN(c3c(Cl)cncc3Cl)CC2)c1. The Bertz CT molecular complexity index is 924. The van der Waals surface area contributed by atoms with Gasteiger partial charge in [0.15, 0.2) is 0 Å². The molecule has 1 aliphatic heterocycles. The van der Waals surface area contributed by atoms with E-state index >= 15 is 0 Å². The normalized spacial score (nSPS) is 15.8. The molecule has 0 spiro atoms. The zero-order valence-corrected chi connectivity index (χ0v) is 15.8. The molecule has 3 rings (SSSR count). The Morgan fingerprint density at radius 3 is 2.27 bits per heavy atom. The summed E-state index contributed by atoms with van der Waals surface area (Å²) < 4.78 is 26.9. The highest BCUT2D eigenvalue weighted by Crippen LogP contribution is 2.33. The molecule has 0 bridgehead atoms. The molecule has 0 amide bonds. The molecule has 1 aliphatic rings. The molecule has 1 aromatic carbocycles. The van der Waals surface area contributed by atoms with E-state index in [0.29, 0.717) is 28.8 Å². The molecule has 7 nitrogen and oxygen atoms in total. The van der Waals surface area contributed by atoms with Crippen molar-refractivity contribution in [2.75, 3.05) is 31.1 Å². The molecule has 1 aromatic heterocycles. The van der Waals surface area contributed by atoms with E-state index in [1.165, 1.54) is 41.0 Å². The molecule has 138 valence electrons. The molecular weight excluding hydrogens is 401 g/mol. The lowest BCUT2D eigenvalue weighted by Gasteiger charge is -2.36. The van der Waals surface area contributed by atoms with Crippen molar-refractivity contribution in [1.29, 1.82) is 0 Å². The standard InChI is InChI=1S/C16H15Cl2N3O4S/c17-13-9-19-10-14(18)15(13)20-4-6-21(7-5-20)26(24,25)12-3-1-2-11(8-12)16(22)23/h1-3,8-10H,4-7H2,(H,22,23). The second kappa shape index (κ2) is 7.40. The minimum atomic E-state index is -3.78. The van der Waals surface area contributed by atoms with Crippen molar-refractivity contribution in [2.45, 2.75) is 4.90 Å². The topological polar surface area (TPSA) is 90.8 Å². The average Bonchev–Trinajstić information content (AvgIpc) is 2.62. The van der Waals surface area contributed by atoms with Gasteiger partial charge in [0.25, 0.3) is 0 Å². The van der Waals surface area contributed by atoms with Crippen LogP contribution in [0.5, 0.6) is 0 Å². The van der Waals surface area contributed by atoms with Crippen LogP contribution in [0.4, 0.5) is 5.69 Å². The molecule has 0 radical (unpaired) electrons. The largest absolute Gasteiger partial charge is 0.478 e. The number of carbonyl (C=O) groups is 1. The fraction of sp³-hybridized carbons (Fsp3) is 0.250. The summed E-state index contributed by atoms with van der Waals surface area (Å²) in [6.07, 6.45) is 2.98. The minimum absolute atomic E-state index is 0.0363. The first-order valence-electron chi connectivity index (χ1n) is 7.68. The first-order chi connectivity index (χ1) is 12.3. The number of nitrogens with zero attached hydrogens (tertiary/aromatic N) is 3. The smallest absolute Gasteiger partial charge is 0.335 e. The highest BCUT2D eigenvalue weighted by molar-refractivity contribution is 7.89. The van der Waals surface area contributed by atoms with Crippen LogP contribution < -0.4 is 4.90 Å². The number of rotatable bonds is 4. The Hall–Kier alpha value is -1.87. The van der Waals surface area contributed by atoms with E-state index < -0.39 is 16.0 Å². The number of anilines is 1. The summed E-state index contributed by atoms with van der Waals surface area (Å²) in [6, 6.07) is 5.33. The zero-order chi connectivity index (χ0) is 18.9. The van der Waals surface area contributed by atoms with E-state index in [9.17, 15) is 13.2 Å². The number of carboxylic acids is 1. The molecule has 2 heterocycles. The van der Waals surface area contributed by atoms with E-state index in [4.69, 9.17) is 28.3 Å². The molecule has 1 N–H and O–H groups in total. The van der Waals surface area contributed by atoms with Crippen molar-refractivity contribution in [3.63, 3.8) is 0 Å². The lowest BCUT2D eigenvalue weighted by molar-refractivity contribution is 0.0696. The lowest BCUT2D eigenvalue weighted by Crippen LogP contribution is -2.48. The number of piperazine rings is 1. The van der Waals surface area contributed by atoms with Gasteiger partial charge in [-0.1, -0.05) is 29.3 Å². The van der Waals surface area contributed by atoms with Gasteiger partial charge in [0, 0.05) is 38.6 Å². The maximum absolute atomic E-state index is 12.8. The summed E-state index contributed by atoms with van der Waals surface area (Å²) in [5.74, 6) is -1.17. The van der Waals surface area contributed by atoms with Crippen LogP contribution in [0.1, 0.15) is 10.4 Å². The van der Waals surface area contributed by atoms with E-state index in [1.54, 1.807) is 0 Å². The van der Waals surface area contributed by atoms with Gasteiger partial charge in [0.2, 0.25) is 10.0 Å². The molecule has 10 heteroatoms. The summed E-state index contributed by atoms with van der Waals surface area (Å²) in [7, 11) is -3.78. The fourth-order valence-corrected chi connectivity index (χ4v) is 4.87. The van der Waals surface area contributed by atoms with Gasteiger partial charge in [0.1, 0.15) is 0 Å². The summed E-state index contributed by atoms with van der Waals surface area (Å²) in [4.78, 5) is 16.9. The van der Waals surface area contributed by atoms with Gasteiger partial charge >= 0.3 is 5.97 Å². The summed E-state index contributed by atoms with van der Waals surface area (Å²) in [5.41, 5.74) is 0.563. The van der Waals surface area contributed by atoms with E-state index in [0.717, 1.165) is 0 Å². The van der Waals surface area contributed by atoms with E-state index in [2.05, 4.69) is 4.98 Å². The fourth-order valence-electron chi connectivity index (χ4n) is 2.80. The van der Waals surface area contributed by atoms with Crippen LogP contribution in [0.25, 0.3) is 0 Å². The molecular formula is C16H15Cl2N3O4S. The zero-order valence-electron chi connectivity index (χ0n) is 13.5. The minimum Gasteiger partial charge on any atom is -0.478 e. The molecule has 1 saturated heterocycles. The highest BCUT2D eigenvalue weighted by atomic mass is 35.5. The van der Waals surface area contributed by atoms with Crippen LogP contribution in [-0.2, 0) is 10.0 Å². The Balaban J connectivity index is 1.79. The number of sulfonamides is 1. The highest BCUT2D eigenvalue weighted by Gasteiger charge is 2.30. The van der Waals surface area contributed by atoms with Crippen LogP contribution in [0.3, 0.4) is 0 Å². The van der Waals surface area contributed by atoms with Crippen LogP contribution in [0, 0.1) is 0 Å². The summed E-state index contributed by atoms with van der Waals surface area (Å²) in [5, 5.41) is 9.86. The van der Waals surface area contributed by atoms with Gasteiger partial charge in [-0.05, 0) is 18.2 Å². The van der Waals surface area contributed by atoms with Crippen LogP contribution in [0.2, 0.25) is 10.0 Å². The van der Waals surface area contributed by atoms with Crippen LogP contribution >= 0.6 is 23.2 Å². The van der Waals surface area contributed by atoms with Crippen molar-refractivity contribution >= 4 is 44.9 Å². The molecule has 0 unspecified atom stereocenters. The number of pyridine rings is 1. The van der Waals surface area contributed by atoms with Crippen LogP contribution in [-0.4, -0.2) is 55.0 Å². The maximum atomic E-state index is 12.8. The number of hydrogen-bond donors (Lipinski definition) is 1. The van der Waals surface area contributed by atoms with Crippen molar-refractivity contribution in [3.8, 4) is 0 Å². The van der Waals surface area contributed by atoms with Crippen molar-refractivity contribution in [2.24, 2.45) is 0 Å². The third-order valence-electron chi connectivity index (χ3n) is 4.10. The lowest BCUT2D eigenvalue weighted by atomic mass is 10.2. The van der Waals surface area contributed by atoms with E-state index in [-0.39, 0.29) is 23.5 Å². The van der Waals surface area contributed by atoms with Gasteiger partial charge in [-0.15, -0.1) is 0 Å². The van der Waals surface area contributed by atoms with Crippen molar-refractivity contribution < 1.29 is 18.3 Å². The third-order valence-corrected chi connectivity index (χ3v) is 6.55. The second-order valence-corrected chi connectivity index (χ2v) is 8.43. The van der Waals surface area contributed by atoms with Crippen molar-refractivity contribution in [1.82, 2.24) is 9.29 Å². The molecule has 0 aliphatic carbocycles. The first-order valence-corrected chi connectivity index (χ1v) is 9.88.